The fraction of sp³-hybridized carbons (Fsp3) is 0.385. The number of benzene rings is 1. The molecular weight excluding hydrogens is 287 g/mol. The largest absolute Gasteiger partial charge is 0.399 e. The number of carbonyl (C=O) groups is 2. The molecule has 0 fully saturated rings. The molecule has 6 heteroatoms. The first-order chi connectivity index (χ1) is 8.20. The lowest BCUT2D eigenvalue weighted by molar-refractivity contribution is -0.130. The second kappa shape index (κ2) is 6.78. The van der Waals surface area contributed by atoms with E-state index < -0.39 is 5.41 Å². The molecule has 0 aliphatic rings. The van der Waals surface area contributed by atoms with Crippen molar-refractivity contribution in [1.29, 1.82) is 0 Å². The van der Waals surface area contributed by atoms with E-state index in [1.54, 1.807) is 39.0 Å². The number of rotatable bonds is 3. The Kier molecular flexibility index (Phi) is 6.33. The monoisotopic (exact) mass is 304 g/mol. The van der Waals surface area contributed by atoms with E-state index in [2.05, 4.69) is 5.32 Å². The normalized spacial score (nSPS) is 10.5. The molecule has 3 N–H and O–H groups in total. The van der Waals surface area contributed by atoms with Gasteiger partial charge in [0, 0.05) is 11.1 Å². The second-order valence-electron chi connectivity index (χ2n) is 5.14. The summed E-state index contributed by atoms with van der Waals surface area (Å²) in [5.41, 5.74) is 5.98. The Labute approximate surface area is 124 Å². The van der Waals surface area contributed by atoms with Crippen molar-refractivity contribution in [2.24, 2.45) is 5.41 Å². The highest BCUT2D eigenvalue weighted by atomic mass is 35.5. The molecule has 19 heavy (non-hydrogen) atoms. The van der Waals surface area contributed by atoms with Crippen molar-refractivity contribution in [1.82, 2.24) is 0 Å². The molecule has 0 aliphatic heterocycles. The highest BCUT2D eigenvalue weighted by Crippen LogP contribution is 2.24. The van der Waals surface area contributed by atoms with Gasteiger partial charge in [0.1, 0.15) is 5.78 Å². The number of nitrogens with two attached hydrogens (primary N) is 1. The molecule has 0 aromatic heterocycles. The molecule has 0 spiro atoms. The first kappa shape index (κ1) is 17.7. The SMILES string of the molecule is CC(C)(C)C(=O)CC(=O)Nc1cc(N)ccc1Cl.Cl. The van der Waals surface area contributed by atoms with Gasteiger partial charge in [-0.3, -0.25) is 9.59 Å². The third kappa shape index (κ3) is 5.49. The maximum atomic E-state index is 11.7. The van der Waals surface area contributed by atoms with Crippen LogP contribution in [0.1, 0.15) is 27.2 Å². The predicted octanol–water partition coefficient (Wildman–Crippen LogP) is 3.29. The minimum absolute atomic E-state index is 0. The van der Waals surface area contributed by atoms with E-state index >= 15 is 0 Å². The van der Waals surface area contributed by atoms with Crippen LogP contribution in [0.4, 0.5) is 11.4 Å². The van der Waals surface area contributed by atoms with Gasteiger partial charge in [-0.2, -0.15) is 0 Å². The van der Waals surface area contributed by atoms with Crippen LogP contribution in [0.2, 0.25) is 5.02 Å². The van der Waals surface area contributed by atoms with E-state index in [-0.39, 0.29) is 30.5 Å². The van der Waals surface area contributed by atoms with E-state index in [4.69, 9.17) is 17.3 Å². The van der Waals surface area contributed by atoms with Crippen molar-refractivity contribution < 1.29 is 9.59 Å². The number of halogens is 2. The molecule has 1 aromatic rings. The van der Waals surface area contributed by atoms with Crippen LogP contribution in [0, 0.1) is 5.41 Å². The summed E-state index contributed by atoms with van der Waals surface area (Å²) >= 11 is 5.91. The number of nitrogen functional groups attached to an aromatic ring is 1. The van der Waals surface area contributed by atoms with Gasteiger partial charge in [-0.15, -0.1) is 12.4 Å². The lowest BCUT2D eigenvalue weighted by atomic mass is 9.89. The average molecular weight is 305 g/mol. The zero-order valence-electron chi connectivity index (χ0n) is 11.1. The molecule has 0 atom stereocenters. The number of hydrogen-bond acceptors (Lipinski definition) is 3. The highest BCUT2D eigenvalue weighted by Gasteiger charge is 2.23. The molecule has 0 radical (unpaired) electrons. The predicted molar refractivity (Wildman–Crippen MR) is 80.8 cm³/mol. The van der Waals surface area contributed by atoms with Gasteiger partial charge in [-0.1, -0.05) is 32.4 Å². The molecule has 0 saturated carbocycles. The van der Waals surface area contributed by atoms with Crippen LogP contribution in [0.3, 0.4) is 0 Å². The summed E-state index contributed by atoms with van der Waals surface area (Å²) in [5.74, 6) is -0.512. The van der Waals surface area contributed by atoms with Crippen molar-refractivity contribution in [2.45, 2.75) is 27.2 Å². The second-order valence-corrected chi connectivity index (χ2v) is 5.54. The molecule has 1 aromatic carbocycles. The van der Waals surface area contributed by atoms with Crippen LogP contribution in [-0.4, -0.2) is 11.7 Å². The number of anilines is 2. The number of carbonyl (C=O) groups excluding carboxylic acids is 2. The summed E-state index contributed by atoms with van der Waals surface area (Å²) < 4.78 is 0. The molecule has 1 rings (SSSR count). The smallest absolute Gasteiger partial charge is 0.231 e. The minimum atomic E-state index is -0.531. The van der Waals surface area contributed by atoms with Crippen LogP contribution in [0.5, 0.6) is 0 Å². The molecular formula is C13H18Cl2N2O2. The van der Waals surface area contributed by atoms with Gasteiger partial charge in [0.2, 0.25) is 5.91 Å². The number of amides is 1. The van der Waals surface area contributed by atoms with E-state index in [9.17, 15) is 9.59 Å². The molecule has 0 heterocycles. The van der Waals surface area contributed by atoms with Crippen molar-refractivity contribution >= 4 is 47.1 Å². The summed E-state index contributed by atoms with van der Waals surface area (Å²) in [6.45, 7) is 5.32. The van der Waals surface area contributed by atoms with Crippen molar-refractivity contribution in [3.05, 3.63) is 23.2 Å². The number of Topliss-reactive ketones (excluding diaryl/α,β-unsaturated/α-hetero) is 1. The molecule has 106 valence electrons. The van der Waals surface area contributed by atoms with E-state index in [0.29, 0.717) is 16.4 Å². The molecule has 0 saturated heterocycles. The molecule has 1 amide bonds. The Hall–Kier alpha value is -1.26. The van der Waals surface area contributed by atoms with E-state index in [0.717, 1.165) is 0 Å². The van der Waals surface area contributed by atoms with Gasteiger partial charge in [-0.25, -0.2) is 0 Å². The first-order valence-corrected chi connectivity index (χ1v) is 5.96. The number of hydrogen-bond donors (Lipinski definition) is 2. The Morgan fingerprint density at radius 1 is 1.32 bits per heavy atom. The highest BCUT2D eigenvalue weighted by molar-refractivity contribution is 6.34. The maximum absolute atomic E-state index is 11.7. The van der Waals surface area contributed by atoms with E-state index in [1.165, 1.54) is 0 Å². The zero-order valence-corrected chi connectivity index (χ0v) is 12.7. The molecule has 0 unspecified atom stereocenters. The lowest BCUT2D eigenvalue weighted by Crippen LogP contribution is -2.26. The average Bonchev–Trinajstić information content (AvgIpc) is 2.22. The number of ketones is 1. The topological polar surface area (TPSA) is 72.2 Å². The standard InChI is InChI=1S/C13H17ClN2O2.ClH/c1-13(2,3)11(17)7-12(18)16-10-6-8(15)4-5-9(10)14;/h4-6H,7,15H2,1-3H3,(H,16,18);1H. The number of nitrogens with one attached hydrogen (secondary N) is 1. The summed E-state index contributed by atoms with van der Waals surface area (Å²) in [6, 6.07) is 4.79. The molecule has 4 nitrogen and oxygen atoms in total. The summed E-state index contributed by atoms with van der Waals surface area (Å²) in [4.78, 5) is 23.4. The van der Waals surface area contributed by atoms with Gasteiger partial charge in [0.05, 0.1) is 17.1 Å². The first-order valence-electron chi connectivity index (χ1n) is 5.58. The Balaban J connectivity index is 0.00000324. The Morgan fingerprint density at radius 2 is 1.89 bits per heavy atom. The summed E-state index contributed by atoms with van der Waals surface area (Å²) in [6.07, 6.45) is -0.172. The molecule has 0 bridgehead atoms. The van der Waals surface area contributed by atoms with E-state index in [1.807, 2.05) is 0 Å². The summed E-state index contributed by atoms with van der Waals surface area (Å²) in [5, 5.41) is 2.97. The Morgan fingerprint density at radius 3 is 2.42 bits per heavy atom. The van der Waals surface area contributed by atoms with Gasteiger partial charge in [0.15, 0.2) is 0 Å². The third-order valence-corrected chi connectivity index (χ3v) is 2.75. The van der Waals surface area contributed by atoms with Gasteiger partial charge >= 0.3 is 0 Å². The minimum Gasteiger partial charge on any atom is -0.399 e. The van der Waals surface area contributed by atoms with Crippen LogP contribution in [0.15, 0.2) is 18.2 Å². The van der Waals surface area contributed by atoms with Crippen LogP contribution >= 0.6 is 24.0 Å². The van der Waals surface area contributed by atoms with Crippen molar-refractivity contribution in [2.75, 3.05) is 11.1 Å². The van der Waals surface area contributed by atoms with Gasteiger partial charge in [-0.05, 0) is 18.2 Å². The van der Waals surface area contributed by atoms with Crippen LogP contribution in [-0.2, 0) is 9.59 Å². The van der Waals surface area contributed by atoms with Gasteiger partial charge in [0.25, 0.3) is 0 Å². The van der Waals surface area contributed by atoms with Crippen molar-refractivity contribution in [3.63, 3.8) is 0 Å². The fourth-order valence-corrected chi connectivity index (χ4v) is 1.41. The Bertz CT molecular complexity index is 482. The maximum Gasteiger partial charge on any atom is 0.231 e. The van der Waals surface area contributed by atoms with Crippen molar-refractivity contribution in [3.8, 4) is 0 Å². The summed E-state index contributed by atoms with van der Waals surface area (Å²) in [7, 11) is 0. The zero-order chi connectivity index (χ0) is 13.9. The van der Waals surface area contributed by atoms with Gasteiger partial charge < -0.3 is 11.1 Å². The van der Waals surface area contributed by atoms with Crippen LogP contribution < -0.4 is 11.1 Å². The third-order valence-electron chi connectivity index (χ3n) is 2.42. The fourth-order valence-electron chi connectivity index (χ4n) is 1.24. The quantitative estimate of drug-likeness (QED) is 0.665. The van der Waals surface area contributed by atoms with Crippen LogP contribution in [0.25, 0.3) is 0 Å². The molecule has 0 aliphatic carbocycles. The lowest BCUT2D eigenvalue weighted by Gasteiger charge is -2.16.